The second-order valence-electron chi connectivity index (χ2n) is 20.2. The highest BCUT2D eigenvalue weighted by atomic mass is 16.6. The number of rotatable bonds is 55. The Hall–Kier alpha value is -2.89. The summed E-state index contributed by atoms with van der Waals surface area (Å²) in [5.41, 5.74) is 0. The van der Waals surface area contributed by atoms with E-state index < -0.39 is 6.10 Å². The van der Waals surface area contributed by atoms with E-state index in [9.17, 15) is 14.4 Å². The zero-order valence-corrected chi connectivity index (χ0v) is 46.5. The molecule has 0 amide bonds. The monoisotopic (exact) mass is 979 g/mol. The van der Waals surface area contributed by atoms with Crippen LogP contribution in [0.5, 0.6) is 0 Å². The number of hydrogen-bond acceptors (Lipinski definition) is 6. The summed E-state index contributed by atoms with van der Waals surface area (Å²) in [6.45, 7) is 6.52. The summed E-state index contributed by atoms with van der Waals surface area (Å²) in [4.78, 5) is 38.2. The van der Waals surface area contributed by atoms with Gasteiger partial charge in [0.15, 0.2) is 6.10 Å². The Morgan fingerprint density at radius 1 is 0.300 bits per heavy atom. The summed E-state index contributed by atoms with van der Waals surface area (Å²) >= 11 is 0. The van der Waals surface area contributed by atoms with Gasteiger partial charge in [-0.3, -0.25) is 14.4 Å². The van der Waals surface area contributed by atoms with Crippen molar-refractivity contribution < 1.29 is 28.6 Å². The van der Waals surface area contributed by atoms with E-state index in [-0.39, 0.29) is 31.1 Å². The highest BCUT2D eigenvalue weighted by Crippen LogP contribution is 2.17. The van der Waals surface area contributed by atoms with Crippen LogP contribution in [-0.2, 0) is 28.6 Å². The molecule has 0 aliphatic heterocycles. The fourth-order valence-electron chi connectivity index (χ4n) is 8.72. The van der Waals surface area contributed by atoms with Crippen LogP contribution >= 0.6 is 0 Å². The summed E-state index contributed by atoms with van der Waals surface area (Å²) in [6, 6.07) is 0. The molecule has 0 aliphatic carbocycles. The molecule has 0 aromatic rings. The number of unbranched alkanes of at least 4 members (excludes halogenated alkanes) is 34. The van der Waals surface area contributed by atoms with Crippen molar-refractivity contribution in [2.24, 2.45) is 0 Å². The van der Waals surface area contributed by atoms with Crippen LogP contribution < -0.4 is 0 Å². The minimum atomic E-state index is -0.789. The molecule has 1 atom stereocenters. The summed E-state index contributed by atoms with van der Waals surface area (Å²) in [7, 11) is 0. The van der Waals surface area contributed by atoms with Gasteiger partial charge in [0, 0.05) is 19.3 Å². The number of carbonyl (C=O) groups is 3. The third-order valence-electron chi connectivity index (χ3n) is 13.3. The Kier molecular flexibility index (Phi) is 56.3. The molecule has 0 saturated heterocycles. The van der Waals surface area contributed by atoms with Crippen LogP contribution in [0.15, 0.2) is 60.8 Å². The first-order valence-corrected chi connectivity index (χ1v) is 30.3. The van der Waals surface area contributed by atoms with E-state index >= 15 is 0 Å². The van der Waals surface area contributed by atoms with Gasteiger partial charge < -0.3 is 14.2 Å². The molecule has 0 radical (unpaired) electrons. The van der Waals surface area contributed by atoms with Crippen LogP contribution in [0.1, 0.15) is 310 Å². The molecule has 6 nitrogen and oxygen atoms in total. The van der Waals surface area contributed by atoms with Crippen molar-refractivity contribution in [3.8, 4) is 0 Å². The average Bonchev–Trinajstić information content (AvgIpc) is 3.36. The lowest BCUT2D eigenvalue weighted by Gasteiger charge is -2.18. The minimum absolute atomic E-state index is 0.0841. The lowest BCUT2D eigenvalue weighted by molar-refractivity contribution is -0.167. The molecule has 0 spiro atoms. The largest absolute Gasteiger partial charge is 0.462 e. The smallest absolute Gasteiger partial charge is 0.306 e. The van der Waals surface area contributed by atoms with Crippen molar-refractivity contribution in [1.82, 2.24) is 0 Å². The maximum Gasteiger partial charge on any atom is 0.306 e. The molecule has 0 fully saturated rings. The third-order valence-corrected chi connectivity index (χ3v) is 13.3. The highest BCUT2D eigenvalue weighted by Gasteiger charge is 2.19. The minimum Gasteiger partial charge on any atom is -0.462 e. The number of carbonyl (C=O) groups excluding carboxylic acids is 3. The van der Waals surface area contributed by atoms with E-state index in [1.807, 2.05) is 0 Å². The van der Waals surface area contributed by atoms with E-state index in [0.717, 1.165) is 103 Å². The second kappa shape index (κ2) is 58.7. The standard InChI is InChI=1S/C64H114O6/c1-4-7-10-13-16-19-22-25-27-29-30-31-32-33-35-36-39-42-45-48-51-54-57-63(66)69-60-61(59-68-62(65)56-53-50-47-44-41-38-24-21-18-15-12-9-6-3)70-64(67)58-55-52-49-46-43-40-37-34-28-26-23-20-17-14-11-8-5-2/h8,11,17,20-21,24,26,28,37,40,61H,4-7,9-10,12-16,18-19,22-23,25,27,29-36,38-39,41-60H2,1-3H3/b11-8-,20-17-,24-21-,28-26-,40-37-. The first-order valence-electron chi connectivity index (χ1n) is 30.3. The van der Waals surface area contributed by atoms with Crippen molar-refractivity contribution in [2.75, 3.05) is 13.2 Å². The van der Waals surface area contributed by atoms with Gasteiger partial charge in [0.2, 0.25) is 0 Å². The van der Waals surface area contributed by atoms with E-state index in [1.165, 1.54) is 167 Å². The Morgan fingerprint density at radius 2 is 0.557 bits per heavy atom. The second-order valence-corrected chi connectivity index (χ2v) is 20.2. The molecular formula is C64H114O6. The Bertz CT molecular complexity index is 1260. The van der Waals surface area contributed by atoms with E-state index in [2.05, 4.69) is 81.5 Å². The summed E-state index contributed by atoms with van der Waals surface area (Å²) < 4.78 is 16.9. The van der Waals surface area contributed by atoms with Gasteiger partial charge in [-0.05, 0) is 83.5 Å². The molecule has 0 rings (SSSR count). The average molecular weight is 980 g/mol. The molecule has 0 N–H and O–H groups in total. The fraction of sp³-hybridized carbons (Fsp3) is 0.797. The molecule has 0 saturated carbocycles. The number of esters is 3. The van der Waals surface area contributed by atoms with Gasteiger partial charge in [-0.2, -0.15) is 0 Å². The maximum atomic E-state index is 12.9. The summed E-state index contributed by atoms with van der Waals surface area (Å²) in [5, 5.41) is 0. The normalized spacial score (nSPS) is 12.4. The maximum absolute atomic E-state index is 12.9. The van der Waals surface area contributed by atoms with Gasteiger partial charge in [-0.1, -0.05) is 268 Å². The van der Waals surface area contributed by atoms with Crippen molar-refractivity contribution in [3.63, 3.8) is 0 Å². The molecule has 0 bridgehead atoms. The van der Waals surface area contributed by atoms with E-state index in [4.69, 9.17) is 14.2 Å². The molecule has 1 unspecified atom stereocenters. The summed E-state index contributed by atoms with van der Waals surface area (Å²) in [5.74, 6) is -0.903. The van der Waals surface area contributed by atoms with Crippen molar-refractivity contribution in [1.29, 1.82) is 0 Å². The van der Waals surface area contributed by atoms with Gasteiger partial charge in [0.25, 0.3) is 0 Å². The lowest BCUT2D eigenvalue weighted by Crippen LogP contribution is -2.30. The molecule has 0 aliphatic rings. The number of hydrogen-bond donors (Lipinski definition) is 0. The van der Waals surface area contributed by atoms with Crippen LogP contribution in [0.4, 0.5) is 0 Å². The number of ether oxygens (including phenoxy) is 3. The summed E-state index contributed by atoms with van der Waals surface area (Å²) in [6.07, 6.45) is 73.7. The van der Waals surface area contributed by atoms with Gasteiger partial charge in [0.05, 0.1) is 0 Å². The SMILES string of the molecule is CC/C=C\C/C=C\C/C=C\C/C=C\CCCCCCC(=O)OC(COC(=O)CCCCCCC/C=C\CCCCCC)COC(=O)CCCCCCCCCCCCCCCCCCCCCCCC. The first kappa shape index (κ1) is 67.1. The van der Waals surface area contributed by atoms with Gasteiger partial charge in [-0.25, -0.2) is 0 Å². The topological polar surface area (TPSA) is 78.9 Å². The highest BCUT2D eigenvalue weighted by molar-refractivity contribution is 5.71. The third kappa shape index (κ3) is 56.0. The van der Waals surface area contributed by atoms with Gasteiger partial charge in [-0.15, -0.1) is 0 Å². The zero-order chi connectivity index (χ0) is 50.7. The predicted molar refractivity (Wildman–Crippen MR) is 302 cm³/mol. The fourth-order valence-corrected chi connectivity index (χ4v) is 8.72. The Labute approximate surface area is 434 Å². The van der Waals surface area contributed by atoms with Crippen molar-refractivity contribution in [2.45, 2.75) is 316 Å². The van der Waals surface area contributed by atoms with Crippen molar-refractivity contribution >= 4 is 17.9 Å². The first-order chi connectivity index (χ1) is 34.5. The quantitative estimate of drug-likeness (QED) is 0.0261. The van der Waals surface area contributed by atoms with Gasteiger partial charge >= 0.3 is 17.9 Å². The van der Waals surface area contributed by atoms with Crippen molar-refractivity contribution in [3.05, 3.63) is 60.8 Å². The van der Waals surface area contributed by atoms with Crippen LogP contribution in [0.25, 0.3) is 0 Å². The molecule has 0 aromatic carbocycles. The molecule has 70 heavy (non-hydrogen) atoms. The Balaban J connectivity index is 4.33. The molecule has 0 heterocycles. The molecule has 6 heteroatoms. The molecule has 406 valence electrons. The Morgan fingerprint density at radius 3 is 0.900 bits per heavy atom. The number of allylic oxidation sites excluding steroid dienone is 10. The molecular weight excluding hydrogens is 865 g/mol. The van der Waals surface area contributed by atoms with E-state index in [0.29, 0.717) is 19.3 Å². The van der Waals surface area contributed by atoms with Crippen LogP contribution in [0.3, 0.4) is 0 Å². The van der Waals surface area contributed by atoms with Crippen LogP contribution in [-0.4, -0.2) is 37.2 Å². The van der Waals surface area contributed by atoms with Crippen LogP contribution in [0.2, 0.25) is 0 Å². The van der Waals surface area contributed by atoms with Gasteiger partial charge in [0.1, 0.15) is 13.2 Å². The molecule has 0 aromatic heterocycles. The zero-order valence-electron chi connectivity index (χ0n) is 46.5. The van der Waals surface area contributed by atoms with Crippen LogP contribution in [0, 0.1) is 0 Å². The lowest BCUT2D eigenvalue weighted by atomic mass is 10.0. The van der Waals surface area contributed by atoms with E-state index in [1.54, 1.807) is 0 Å². The predicted octanol–water partition coefficient (Wildman–Crippen LogP) is 20.4.